The number of nitrogens with one attached hydrogen (secondary N) is 1. The predicted molar refractivity (Wildman–Crippen MR) is 136 cm³/mol. The van der Waals surface area contributed by atoms with Crippen molar-refractivity contribution in [3.05, 3.63) is 82.9 Å². The van der Waals surface area contributed by atoms with Gasteiger partial charge in [-0.25, -0.2) is 4.98 Å². The summed E-state index contributed by atoms with van der Waals surface area (Å²) < 4.78 is 2.29. The molecule has 0 amide bonds. The highest BCUT2D eigenvalue weighted by Gasteiger charge is 2.24. The summed E-state index contributed by atoms with van der Waals surface area (Å²) in [7, 11) is 0. The third-order valence-electron chi connectivity index (χ3n) is 7.20. The van der Waals surface area contributed by atoms with Crippen LogP contribution >= 0.6 is 11.6 Å². The zero-order chi connectivity index (χ0) is 23.3. The van der Waals surface area contributed by atoms with Crippen molar-refractivity contribution in [3.63, 3.8) is 0 Å². The molecule has 2 aliphatic heterocycles. The molecule has 1 saturated heterocycles. The summed E-state index contributed by atoms with van der Waals surface area (Å²) in [5.74, 6) is 0.592. The molecule has 7 heteroatoms. The van der Waals surface area contributed by atoms with Crippen LogP contribution in [0.25, 0.3) is 0 Å². The summed E-state index contributed by atoms with van der Waals surface area (Å²) in [5, 5.41) is 13.7. The highest BCUT2D eigenvalue weighted by molar-refractivity contribution is 6.30. The van der Waals surface area contributed by atoms with Crippen molar-refractivity contribution in [3.8, 4) is 6.19 Å². The maximum Gasteiger partial charge on any atom is 0.179 e. The van der Waals surface area contributed by atoms with Gasteiger partial charge in [0.1, 0.15) is 0 Å². The summed E-state index contributed by atoms with van der Waals surface area (Å²) in [6.07, 6.45) is 9.34. The lowest BCUT2D eigenvalue weighted by atomic mass is 9.97. The summed E-state index contributed by atoms with van der Waals surface area (Å²) >= 11 is 6.30. The van der Waals surface area contributed by atoms with Crippen molar-refractivity contribution >= 4 is 17.3 Å². The largest absolute Gasteiger partial charge is 0.369 e. The highest BCUT2D eigenvalue weighted by atomic mass is 35.5. The van der Waals surface area contributed by atoms with Crippen molar-refractivity contribution in [1.29, 1.82) is 5.26 Å². The van der Waals surface area contributed by atoms with E-state index in [1.54, 1.807) is 0 Å². The summed E-state index contributed by atoms with van der Waals surface area (Å²) in [5.41, 5.74) is 5.16. The zero-order valence-electron chi connectivity index (χ0n) is 19.4. The monoisotopic (exact) mass is 474 g/mol. The number of piperidine rings is 1. The number of benzene rings is 2. The van der Waals surface area contributed by atoms with Crippen LogP contribution in [0, 0.1) is 17.4 Å². The minimum absolute atomic E-state index is 0.208. The van der Waals surface area contributed by atoms with Crippen molar-refractivity contribution in [2.45, 2.75) is 38.4 Å². The van der Waals surface area contributed by atoms with E-state index in [2.05, 4.69) is 62.4 Å². The molecule has 0 radical (unpaired) electrons. The van der Waals surface area contributed by atoms with Gasteiger partial charge in [-0.3, -0.25) is 0 Å². The number of anilines is 1. The first-order valence-electron chi connectivity index (χ1n) is 12.1. The molecule has 1 unspecified atom stereocenters. The number of nitriles is 1. The molecule has 0 saturated carbocycles. The second-order valence-corrected chi connectivity index (χ2v) is 9.81. The third kappa shape index (κ3) is 5.22. The van der Waals surface area contributed by atoms with Crippen molar-refractivity contribution in [1.82, 2.24) is 19.8 Å². The Morgan fingerprint density at radius 2 is 1.94 bits per heavy atom. The molecule has 1 atom stereocenters. The van der Waals surface area contributed by atoms with E-state index in [1.165, 1.54) is 22.5 Å². The first kappa shape index (κ1) is 22.8. The van der Waals surface area contributed by atoms with Crippen LogP contribution in [0.15, 0.2) is 61.1 Å². The van der Waals surface area contributed by atoms with Crippen LogP contribution in [0.4, 0.5) is 5.69 Å². The van der Waals surface area contributed by atoms with Crippen LogP contribution in [0.5, 0.6) is 0 Å². The molecule has 1 fully saturated rings. The molecule has 1 aromatic heterocycles. The molecular weight excluding hydrogens is 444 g/mol. The molecule has 2 aromatic carbocycles. The molecule has 0 spiro atoms. The summed E-state index contributed by atoms with van der Waals surface area (Å²) in [6.45, 7) is 5.31. The Morgan fingerprint density at radius 3 is 2.76 bits per heavy atom. The van der Waals surface area contributed by atoms with E-state index >= 15 is 0 Å². The van der Waals surface area contributed by atoms with Crippen molar-refractivity contribution < 1.29 is 0 Å². The standard InChI is InChI=1S/C27H31ClN6/c28-23-5-3-6-24(14-23)33-13-10-22-4-1-2-7-26(22)27(18-33)31-16-25-15-30-20-34(25)17-21-8-11-32(19-29)12-9-21/h1-7,14-15,20-21,27,31H,8-13,16-18H2. The van der Waals surface area contributed by atoms with E-state index in [1.807, 2.05) is 29.6 Å². The van der Waals surface area contributed by atoms with Gasteiger partial charge in [-0.1, -0.05) is 41.9 Å². The molecule has 0 bridgehead atoms. The van der Waals surface area contributed by atoms with Gasteiger partial charge in [-0.15, -0.1) is 0 Å². The first-order valence-corrected chi connectivity index (χ1v) is 12.5. The van der Waals surface area contributed by atoms with E-state index in [9.17, 15) is 0 Å². The van der Waals surface area contributed by atoms with Gasteiger partial charge in [0.25, 0.3) is 0 Å². The Morgan fingerprint density at radius 1 is 1.09 bits per heavy atom. The normalized spacial score (nSPS) is 18.9. The number of halogens is 1. The maximum absolute atomic E-state index is 9.11. The smallest absolute Gasteiger partial charge is 0.179 e. The maximum atomic E-state index is 9.11. The number of rotatable bonds is 6. The van der Waals surface area contributed by atoms with E-state index < -0.39 is 0 Å². The number of hydrogen-bond donors (Lipinski definition) is 1. The minimum Gasteiger partial charge on any atom is -0.369 e. The Kier molecular flexibility index (Phi) is 7.03. The summed E-state index contributed by atoms with van der Waals surface area (Å²) in [6, 6.07) is 17.2. The second-order valence-electron chi connectivity index (χ2n) is 9.38. The SMILES string of the molecule is N#CN1CCC(Cn2cncc2CNC2CN(c3cccc(Cl)c3)CCc3ccccc32)CC1. The lowest BCUT2D eigenvalue weighted by Gasteiger charge is -2.29. The Balaban J connectivity index is 1.29. The highest BCUT2D eigenvalue weighted by Crippen LogP contribution is 2.29. The van der Waals surface area contributed by atoms with Gasteiger partial charge in [-0.2, -0.15) is 5.26 Å². The van der Waals surface area contributed by atoms with E-state index in [4.69, 9.17) is 16.9 Å². The Labute approximate surface area is 206 Å². The lowest BCUT2D eigenvalue weighted by Crippen LogP contribution is -2.35. The van der Waals surface area contributed by atoms with Crippen LogP contribution in [-0.2, 0) is 19.5 Å². The second kappa shape index (κ2) is 10.5. The summed E-state index contributed by atoms with van der Waals surface area (Å²) in [4.78, 5) is 8.75. The van der Waals surface area contributed by atoms with Gasteiger partial charge in [0.15, 0.2) is 6.19 Å². The zero-order valence-corrected chi connectivity index (χ0v) is 20.2. The first-order chi connectivity index (χ1) is 16.7. The van der Waals surface area contributed by atoms with Crippen LogP contribution < -0.4 is 10.2 Å². The van der Waals surface area contributed by atoms with Crippen molar-refractivity contribution in [2.24, 2.45) is 5.92 Å². The molecule has 176 valence electrons. The molecule has 1 N–H and O–H groups in total. The van der Waals surface area contributed by atoms with Gasteiger partial charge in [0.05, 0.1) is 18.1 Å². The molecule has 3 aromatic rings. The van der Waals surface area contributed by atoms with Crippen molar-refractivity contribution in [2.75, 3.05) is 31.1 Å². The Bertz CT molecular complexity index is 1140. The van der Waals surface area contributed by atoms with E-state index in [-0.39, 0.29) is 6.04 Å². The number of hydrogen-bond acceptors (Lipinski definition) is 5. The molecule has 34 heavy (non-hydrogen) atoms. The Hall–Kier alpha value is -3.01. The number of likely N-dealkylation sites (tertiary alicyclic amines) is 1. The molecule has 3 heterocycles. The number of aromatic nitrogens is 2. The average molecular weight is 475 g/mol. The van der Waals surface area contributed by atoms with Crippen LogP contribution in [0.1, 0.15) is 35.7 Å². The molecule has 6 nitrogen and oxygen atoms in total. The van der Waals surface area contributed by atoms with Gasteiger partial charge in [0.2, 0.25) is 0 Å². The quantitative estimate of drug-likeness (QED) is 0.528. The predicted octanol–water partition coefficient (Wildman–Crippen LogP) is 4.62. The van der Waals surface area contributed by atoms with Crippen LogP contribution in [-0.4, -0.2) is 40.6 Å². The lowest BCUT2D eigenvalue weighted by molar-refractivity contribution is 0.232. The van der Waals surface area contributed by atoms with Gasteiger partial charge >= 0.3 is 0 Å². The fourth-order valence-electron chi connectivity index (χ4n) is 5.23. The molecule has 5 rings (SSSR count). The third-order valence-corrected chi connectivity index (χ3v) is 7.43. The fourth-order valence-corrected chi connectivity index (χ4v) is 5.41. The molecule has 0 aliphatic carbocycles. The van der Waals surface area contributed by atoms with Crippen LogP contribution in [0.3, 0.4) is 0 Å². The topological polar surface area (TPSA) is 60.1 Å². The molecular formula is C27H31ClN6. The van der Waals surface area contributed by atoms with Gasteiger partial charge in [-0.05, 0) is 54.5 Å². The van der Waals surface area contributed by atoms with E-state index in [0.717, 1.165) is 63.6 Å². The molecule has 2 aliphatic rings. The van der Waals surface area contributed by atoms with Gasteiger partial charge < -0.3 is 19.7 Å². The fraction of sp³-hybridized carbons (Fsp3) is 0.407. The van der Waals surface area contributed by atoms with Crippen LogP contribution in [0.2, 0.25) is 5.02 Å². The van der Waals surface area contributed by atoms with Gasteiger partial charge in [0, 0.05) is 56.2 Å². The van der Waals surface area contributed by atoms with E-state index in [0.29, 0.717) is 5.92 Å². The minimum atomic E-state index is 0.208. The average Bonchev–Trinajstić information content (AvgIpc) is 3.22. The number of fused-ring (bicyclic) bond motifs is 1. The number of nitrogens with zero attached hydrogens (tertiary/aromatic N) is 5. The number of imidazole rings is 1.